The van der Waals surface area contributed by atoms with E-state index in [4.69, 9.17) is 11.6 Å². The lowest BCUT2D eigenvalue weighted by molar-refractivity contribution is -0.138. The molecule has 0 aliphatic carbocycles. The summed E-state index contributed by atoms with van der Waals surface area (Å²) in [4.78, 5) is 18.4. The van der Waals surface area contributed by atoms with Gasteiger partial charge >= 0.3 is 6.18 Å². The zero-order valence-electron chi connectivity index (χ0n) is 10.7. The van der Waals surface area contributed by atoms with Crippen LogP contribution in [0.25, 0.3) is 0 Å². The smallest absolute Gasteiger partial charge is 0.339 e. The van der Waals surface area contributed by atoms with Crippen molar-refractivity contribution in [1.29, 1.82) is 0 Å². The van der Waals surface area contributed by atoms with Crippen molar-refractivity contribution in [2.75, 3.05) is 5.32 Å². The number of hydrogen-bond donors (Lipinski definition) is 1. The van der Waals surface area contributed by atoms with Gasteiger partial charge < -0.3 is 5.32 Å². The molecule has 1 heterocycles. The van der Waals surface area contributed by atoms with Crippen LogP contribution in [0.15, 0.2) is 24.5 Å². The van der Waals surface area contributed by atoms with Crippen LogP contribution in [-0.2, 0) is 6.18 Å². The van der Waals surface area contributed by atoms with Crippen LogP contribution in [-0.4, -0.2) is 16.3 Å². The second-order valence-electron chi connectivity index (χ2n) is 4.20. The van der Waals surface area contributed by atoms with Crippen molar-refractivity contribution in [3.8, 4) is 0 Å². The van der Waals surface area contributed by atoms with Crippen molar-refractivity contribution in [3.63, 3.8) is 0 Å². The van der Waals surface area contributed by atoms with Gasteiger partial charge in [-0.25, -0.2) is 9.97 Å². The lowest BCUT2D eigenvalue weighted by Crippen LogP contribution is -2.08. The molecule has 2 aromatic rings. The molecule has 8 heteroatoms. The first-order chi connectivity index (χ1) is 9.82. The van der Waals surface area contributed by atoms with Crippen LogP contribution in [0.1, 0.15) is 21.5 Å². The van der Waals surface area contributed by atoms with Crippen molar-refractivity contribution < 1.29 is 18.0 Å². The average Bonchev–Trinajstić information content (AvgIpc) is 2.40. The minimum Gasteiger partial charge on any atom is -0.339 e. The third kappa shape index (κ3) is 3.30. The summed E-state index contributed by atoms with van der Waals surface area (Å²) in [5.74, 6) is 0.0435. The maximum absolute atomic E-state index is 12.8. The SMILES string of the molecule is Cc1ccc(Nc2ncnc(Cl)c2C=O)cc1C(F)(F)F. The largest absolute Gasteiger partial charge is 0.416 e. The van der Waals surface area contributed by atoms with Gasteiger partial charge in [0.2, 0.25) is 0 Å². The van der Waals surface area contributed by atoms with Gasteiger partial charge in [0.25, 0.3) is 0 Å². The van der Waals surface area contributed by atoms with Gasteiger partial charge in [0.1, 0.15) is 17.3 Å². The molecule has 4 nitrogen and oxygen atoms in total. The molecule has 0 fully saturated rings. The Morgan fingerprint density at radius 2 is 2.00 bits per heavy atom. The summed E-state index contributed by atoms with van der Waals surface area (Å²) in [6, 6.07) is 3.73. The molecule has 1 aromatic heterocycles. The number of anilines is 2. The van der Waals surface area contributed by atoms with E-state index < -0.39 is 11.7 Å². The molecule has 0 amide bonds. The highest BCUT2D eigenvalue weighted by atomic mass is 35.5. The maximum Gasteiger partial charge on any atom is 0.416 e. The van der Waals surface area contributed by atoms with E-state index in [2.05, 4.69) is 15.3 Å². The van der Waals surface area contributed by atoms with E-state index in [0.29, 0.717) is 6.29 Å². The van der Waals surface area contributed by atoms with E-state index in [1.807, 2.05) is 0 Å². The predicted octanol–water partition coefficient (Wildman–Crippen LogP) is 4.01. The molecule has 0 atom stereocenters. The van der Waals surface area contributed by atoms with E-state index in [9.17, 15) is 18.0 Å². The zero-order chi connectivity index (χ0) is 15.6. The average molecular weight is 316 g/mol. The molecule has 0 unspecified atom stereocenters. The third-order valence-electron chi connectivity index (χ3n) is 2.76. The molecule has 1 N–H and O–H groups in total. The molecule has 1 aromatic carbocycles. The Hall–Kier alpha value is -2.15. The number of benzene rings is 1. The highest BCUT2D eigenvalue weighted by Gasteiger charge is 2.32. The Labute approximate surface area is 123 Å². The Kier molecular flexibility index (Phi) is 4.13. The minimum absolute atomic E-state index is 0.0201. The van der Waals surface area contributed by atoms with Crippen molar-refractivity contribution in [2.24, 2.45) is 0 Å². The summed E-state index contributed by atoms with van der Waals surface area (Å²) in [7, 11) is 0. The lowest BCUT2D eigenvalue weighted by atomic mass is 10.1. The van der Waals surface area contributed by atoms with Crippen molar-refractivity contribution in [3.05, 3.63) is 46.4 Å². The number of aromatic nitrogens is 2. The molecule has 0 aliphatic heterocycles. The van der Waals surface area contributed by atoms with Crippen LogP contribution in [0, 0.1) is 6.92 Å². The summed E-state index contributed by atoms with van der Waals surface area (Å²) >= 11 is 5.72. The number of aryl methyl sites for hydroxylation is 1. The number of nitrogens with one attached hydrogen (secondary N) is 1. The number of halogens is 4. The molecule has 0 saturated heterocycles. The maximum atomic E-state index is 12.8. The Balaban J connectivity index is 2.42. The highest BCUT2D eigenvalue weighted by molar-refractivity contribution is 6.32. The standard InChI is InChI=1S/C13H9ClF3N3O/c1-7-2-3-8(4-10(7)13(15,16)17)20-12-9(5-21)11(14)18-6-19-12/h2-6H,1H3,(H,18,19,20). The summed E-state index contributed by atoms with van der Waals surface area (Å²) < 4.78 is 38.5. The topological polar surface area (TPSA) is 54.9 Å². The molecule has 0 spiro atoms. The van der Waals surface area contributed by atoms with Gasteiger partial charge in [-0.05, 0) is 24.6 Å². The summed E-state index contributed by atoms with van der Waals surface area (Å²) in [6.07, 6.45) is -2.92. The normalized spacial score (nSPS) is 11.3. The van der Waals surface area contributed by atoms with E-state index in [1.165, 1.54) is 19.1 Å². The van der Waals surface area contributed by atoms with Crippen molar-refractivity contribution >= 4 is 29.4 Å². The summed E-state index contributed by atoms with van der Waals surface area (Å²) in [5, 5.41) is 2.56. The third-order valence-corrected chi connectivity index (χ3v) is 3.06. The molecule has 2 rings (SSSR count). The van der Waals surface area contributed by atoms with Crippen LogP contribution in [0.4, 0.5) is 24.7 Å². The number of nitrogens with zero attached hydrogens (tertiary/aromatic N) is 2. The summed E-state index contributed by atoms with van der Waals surface area (Å²) in [6.45, 7) is 1.37. The Bertz CT molecular complexity index is 689. The number of alkyl halides is 3. The second kappa shape index (κ2) is 5.69. The molecular weight excluding hydrogens is 307 g/mol. The van der Waals surface area contributed by atoms with Gasteiger partial charge in [0.05, 0.1) is 11.1 Å². The van der Waals surface area contributed by atoms with Crippen LogP contribution >= 0.6 is 11.6 Å². The number of carbonyl (C=O) groups is 1. The molecule has 110 valence electrons. The van der Waals surface area contributed by atoms with Gasteiger partial charge in [-0.2, -0.15) is 13.2 Å². The van der Waals surface area contributed by atoms with Crippen molar-refractivity contribution in [2.45, 2.75) is 13.1 Å². The van der Waals surface area contributed by atoms with Gasteiger partial charge in [-0.3, -0.25) is 4.79 Å². The van der Waals surface area contributed by atoms with E-state index >= 15 is 0 Å². The Morgan fingerprint density at radius 1 is 1.29 bits per heavy atom. The lowest BCUT2D eigenvalue weighted by Gasteiger charge is -2.13. The highest BCUT2D eigenvalue weighted by Crippen LogP contribution is 2.34. The van der Waals surface area contributed by atoms with Crippen LogP contribution < -0.4 is 5.32 Å². The fraction of sp³-hybridized carbons (Fsp3) is 0.154. The van der Waals surface area contributed by atoms with E-state index in [1.54, 1.807) is 0 Å². The minimum atomic E-state index is -4.46. The molecule has 0 aliphatic rings. The monoisotopic (exact) mass is 315 g/mol. The van der Waals surface area contributed by atoms with Gasteiger partial charge in [0.15, 0.2) is 6.29 Å². The van der Waals surface area contributed by atoms with Crippen molar-refractivity contribution in [1.82, 2.24) is 9.97 Å². The zero-order valence-corrected chi connectivity index (χ0v) is 11.5. The van der Waals surface area contributed by atoms with E-state index in [0.717, 1.165) is 12.4 Å². The first-order valence-electron chi connectivity index (χ1n) is 5.73. The van der Waals surface area contributed by atoms with E-state index in [-0.39, 0.29) is 27.8 Å². The van der Waals surface area contributed by atoms with Gasteiger partial charge in [0, 0.05) is 5.69 Å². The number of hydrogen-bond acceptors (Lipinski definition) is 4. The number of rotatable bonds is 3. The van der Waals surface area contributed by atoms with Gasteiger partial charge in [-0.1, -0.05) is 17.7 Å². The predicted molar refractivity (Wildman–Crippen MR) is 71.9 cm³/mol. The quantitative estimate of drug-likeness (QED) is 0.686. The first-order valence-corrected chi connectivity index (χ1v) is 6.11. The molecule has 0 bridgehead atoms. The summed E-state index contributed by atoms with van der Waals surface area (Å²) in [5.41, 5.74) is -0.538. The molecular formula is C13H9ClF3N3O. The molecule has 0 saturated carbocycles. The fourth-order valence-corrected chi connectivity index (χ4v) is 1.90. The van der Waals surface area contributed by atoms with Crippen LogP contribution in [0.3, 0.4) is 0 Å². The Morgan fingerprint density at radius 3 is 2.62 bits per heavy atom. The first kappa shape index (κ1) is 15.2. The van der Waals surface area contributed by atoms with Crippen LogP contribution in [0.2, 0.25) is 5.15 Å². The second-order valence-corrected chi connectivity index (χ2v) is 4.56. The van der Waals surface area contributed by atoms with Crippen LogP contribution in [0.5, 0.6) is 0 Å². The number of aldehydes is 1. The fourth-order valence-electron chi connectivity index (χ4n) is 1.72. The van der Waals surface area contributed by atoms with Gasteiger partial charge in [-0.15, -0.1) is 0 Å². The molecule has 21 heavy (non-hydrogen) atoms. The molecule has 0 radical (unpaired) electrons. The number of carbonyl (C=O) groups excluding carboxylic acids is 1.